The Morgan fingerprint density at radius 3 is 2.78 bits per heavy atom. The van der Waals surface area contributed by atoms with Gasteiger partial charge in [-0.3, -0.25) is 5.32 Å². The Morgan fingerprint density at radius 1 is 1.19 bits per heavy atom. The topological polar surface area (TPSA) is 72.7 Å². The van der Waals surface area contributed by atoms with Crippen LogP contribution in [0.25, 0.3) is 0 Å². The largest absolute Gasteiger partial charge is 0.454 e. The molecule has 0 aliphatic carbocycles. The molecule has 0 bridgehead atoms. The highest BCUT2D eigenvalue weighted by Crippen LogP contribution is 2.43. The molecule has 4 rings (SSSR count). The smallest absolute Gasteiger partial charge is 0.231 e. The molecule has 1 N–H and O–H groups in total. The van der Waals surface area contributed by atoms with Crippen molar-refractivity contribution in [3.8, 4) is 17.6 Å². The number of hydrogen-bond acceptors (Lipinski definition) is 6. The van der Waals surface area contributed by atoms with Gasteiger partial charge < -0.3 is 18.9 Å². The van der Waals surface area contributed by atoms with Crippen LogP contribution in [0.1, 0.15) is 30.1 Å². The lowest BCUT2D eigenvalue weighted by Crippen LogP contribution is -2.53. The highest BCUT2D eigenvalue weighted by molar-refractivity contribution is 5.46. The zero-order valence-electron chi connectivity index (χ0n) is 15.2. The molecule has 0 aromatic heterocycles. The van der Waals surface area contributed by atoms with Crippen molar-refractivity contribution in [2.45, 2.75) is 37.3 Å². The average Bonchev–Trinajstić information content (AvgIpc) is 3.21. The molecule has 140 valence electrons. The van der Waals surface area contributed by atoms with E-state index in [-0.39, 0.29) is 13.1 Å². The molecule has 0 radical (unpaired) electrons. The van der Waals surface area contributed by atoms with Gasteiger partial charge in [0.1, 0.15) is 11.6 Å². The molecule has 0 spiro atoms. The first-order valence-corrected chi connectivity index (χ1v) is 9.02. The maximum atomic E-state index is 10.1. The van der Waals surface area contributed by atoms with Crippen LogP contribution in [0.3, 0.4) is 0 Å². The summed E-state index contributed by atoms with van der Waals surface area (Å²) in [5.41, 5.74) is 1.12. The fraction of sp³-hybridized carbons (Fsp3) is 0.381. The van der Waals surface area contributed by atoms with Gasteiger partial charge in [-0.1, -0.05) is 36.4 Å². The fourth-order valence-corrected chi connectivity index (χ4v) is 3.62. The van der Waals surface area contributed by atoms with E-state index in [2.05, 4.69) is 11.4 Å². The van der Waals surface area contributed by atoms with Gasteiger partial charge in [-0.2, -0.15) is 5.26 Å². The van der Waals surface area contributed by atoms with E-state index in [0.29, 0.717) is 30.9 Å². The van der Waals surface area contributed by atoms with Crippen LogP contribution in [0.5, 0.6) is 11.5 Å². The highest BCUT2D eigenvalue weighted by Gasteiger charge is 2.46. The van der Waals surface area contributed by atoms with Crippen molar-refractivity contribution in [1.29, 1.82) is 5.26 Å². The summed E-state index contributed by atoms with van der Waals surface area (Å²) in [5.74, 6) is 1.38. The zero-order chi connectivity index (χ0) is 18.7. The van der Waals surface area contributed by atoms with Gasteiger partial charge in [0.15, 0.2) is 17.8 Å². The number of nitriles is 1. The highest BCUT2D eigenvalue weighted by atomic mass is 16.7. The average molecular weight is 366 g/mol. The number of nitrogens with one attached hydrogen (secondary N) is 1. The second kappa shape index (κ2) is 7.57. The van der Waals surface area contributed by atoms with Gasteiger partial charge in [0.25, 0.3) is 0 Å². The van der Waals surface area contributed by atoms with Crippen molar-refractivity contribution >= 4 is 0 Å². The maximum absolute atomic E-state index is 10.1. The lowest BCUT2D eigenvalue weighted by molar-refractivity contribution is -0.202. The Hall–Kier alpha value is -2.59. The fourth-order valence-electron chi connectivity index (χ4n) is 3.62. The summed E-state index contributed by atoms with van der Waals surface area (Å²) in [6.45, 7) is 0.789. The van der Waals surface area contributed by atoms with Gasteiger partial charge in [0.05, 0.1) is 6.07 Å². The zero-order valence-corrected chi connectivity index (χ0v) is 15.2. The van der Waals surface area contributed by atoms with Crippen LogP contribution in [0.15, 0.2) is 48.5 Å². The molecule has 2 aromatic rings. The van der Waals surface area contributed by atoms with Gasteiger partial charge in [-0.05, 0) is 29.7 Å². The molecule has 2 heterocycles. The third-order valence-corrected chi connectivity index (χ3v) is 5.12. The summed E-state index contributed by atoms with van der Waals surface area (Å²) in [6.07, 6.45) is 0.431. The molecule has 3 atom stereocenters. The summed E-state index contributed by atoms with van der Waals surface area (Å²) < 4.78 is 22.5. The van der Waals surface area contributed by atoms with Crippen LogP contribution < -0.4 is 14.8 Å². The van der Waals surface area contributed by atoms with Crippen molar-refractivity contribution < 1.29 is 18.9 Å². The van der Waals surface area contributed by atoms with Gasteiger partial charge >= 0.3 is 0 Å². The van der Waals surface area contributed by atoms with E-state index in [4.69, 9.17) is 18.9 Å². The van der Waals surface area contributed by atoms with Crippen molar-refractivity contribution in [3.05, 3.63) is 59.7 Å². The molecular weight excluding hydrogens is 344 g/mol. The minimum atomic E-state index is -0.863. The van der Waals surface area contributed by atoms with Gasteiger partial charge in [-0.25, -0.2) is 0 Å². The molecule has 2 aliphatic heterocycles. The van der Waals surface area contributed by atoms with E-state index in [1.807, 2.05) is 48.5 Å². The molecule has 27 heavy (non-hydrogen) atoms. The van der Waals surface area contributed by atoms with E-state index in [0.717, 1.165) is 11.1 Å². The Kier molecular flexibility index (Phi) is 4.99. The molecule has 6 nitrogen and oxygen atoms in total. The summed E-state index contributed by atoms with van der Waals surface area (Å²) in [5, 5.41) is 13.6. The first-order chi connectivity index (χ1) is 13.2. The van der Waals surface area contributed by atoms with Crippen LogP contribution in [-0.2, 0) is 16.0 Å². The first-order valence-electron chi connectivity index (χ1n) is 9.02. The number of fused-ring (bicyclic) bond motifs is 1. The van der Waals surface area contributed by atoms with E-state index >= 15 is 0 Å². The van der Waals surface area contributed by atoms with Crippen LogP contribution >= 0.6 is 0 Å². The number of hydrogen-bond donors (Lipinski definition) is 1. The molecule has 1 saturated heterocycles. The Morgan fingerprint density at radius 2 is 2.00 bits per heavy atom. The second-order valence-corrected chi connectivity index (χ2v) is 6.76. The SMILES string of the molecule is CO[C@H]1CC[C@@](C#N)(NCc2ccccc2)[C@H](c2ccc3c(c2)OCO3)O1. The van der Waals surface area contributed by atoms with Crippen molar-refractivity contribution in [2.75, 3.05) is 13.9 Å². The summed E-state index contributed by atoms with van der Waals surface area (Å²) in [7, 11) is 1.62. The van der Waals surface area contributed by atoms with Crippen LogP contribution in [0, 0.1) is 11.3 Å². The second-order valence-electron chi connectivity index (χ2n) is 6.76. The first kappa shape index (κ1) is 17.8. The van der Waals surface area contributed by atoms with E-state index in [1.165, 1.54) is 0 Å². The monoisotopic (exact) mass is 366 g/mol. The van der Waals surface area contributed by atoms with Crippen LogP contribution in [0.2, 0.25) is 0 Å². The third-order valence-electron chi connectivity index (χ3n) is 5.12. The minimum Gasteiger partial charge on any atom is -0.454 e. The molecule has 1 fully saturated rings. The summed E-state index contributed by atoms with van der Waals surface area (Å²) in [4.78, 5) is 0. The number of methoxy groups -OCH3 is 1. The number of rotatable bonds is 5. The molecular formula is C21H22N2O4. The Labute approximate surface area is 158 Å². The predicted molar refractivity (Wildman–Crippen MR) is 98.0 cm³/mol. The lowest BCUT2D eigenvalue weighted by Gasteiger charge is -2.42. The van der Waals surface area contributed by atoms with E-state index in [9.17, 15) is 5.26 Å². The molecule has 2 aromatic carbocycles. The van der Waals surface area contributed by atoms with Gasteiger partial charge in [0.2, 0.25) is 6.79 Å². The Balaban J connectivity index is 1.64. The number of benzene rings is 2. The van der Waals surface area contributed by atoms with Crippen LogP contribution in [0.4, 0.5) is 0 Å². The standard InChI is InChI=1S/C21H22N2O4/c1-24-19-9-10-21(13-22,23-12-15-5-3-2-4-6-15)20(27-19)16-7-8-17-18(11-16)26-14-25-17/h2-8,11,19-20,23H,9-10,12,14H2,1H3/t19-,20+,21+/m1/s1. The van der Waals surface area contributed by atoms with E-state index < -0.39 is 11.6 Å². The predicted octanol–water partition coefficient (Wildman–Crippen LogP) is 3.29. The van der Waals surface area contributed by atoms with Crippen LogP contribution in [-0.4, -0.2) is 25.7 Å². The van der Waals surface area contributed by atoms with Gasteiger partial charge in [0, 0.05) is 20.1 Å². The molecule has 0 unspecified atom stereocenters. The van der Waals surface area contributed by atoms with Crippen molar-refractivity contribution in [2.24, 2.45) is 0 Å². The summed E-state index contributed by atoms with van der Waals surface area (Å²) >= 11 is 0. The molecule has 0 amide bonds. The van der Waals surface area contributed by atoms with Gasteiger partial charge in [-0.15, -0.1) is 0 Å². The third kappa shape index (κ3) is 3.50. The minimum absolute atomic E-state index is 0.209. The normalized spacial score (nSPS) is 26.5. The molecule has 2 aliphatic rings. The van der Waals surface area contributed by atoms with E-state index in [1.54, 1.807) is 7.11 Å². The molecule has 6 heteroatoms. The van der Waals surface area contributed by atoms with Crippen molar-refractivity contribution in [3.63, 3.8) is 0 Å². The quantitative estimate of drug-likeness (QED) is 0.875. The number of nitrogens with zero attached hydrogens (tertiary/aromatic N) is 1. The summed E-state index contributed by atoms with van der Waals surface area (Å²) in [6, 6.07) is 18.2. The number of ether oxygens (including phenoxy) is 4. The molecule has 0 saturated carbocycles. The van der Waals surface area contributed by atoms with Crippen molar-refractivity contribution in [1.82, 2.24) is 5.32 Å². The lowest BCUT2D eigenvalue weighted by atomic mass is 9.82. The maximum Gasteiger partial charge on any atom is 0.231 e. The Bertz CT molecular complexity index is 836.